The Morgan fingerprint density at radius 3 is 2.68 bits per heavy atom. The topological polar surface area (TPSA) is 57.6 Å². The van der Waals surface area contributed by atoms with Crippen molar-refractivity contribution in [2.75, 3.05) is 6.54 Å². The molecule has 1 heterocycles. The van der Waals surface area contributed by atoms with Crippen molar-refractivity contribution in [3.63, 3.8) is 0 Å². The van der Waals surface area contributed by atoms with Gasteiger partial charge >= 0.3 is 5.97 Å². The van der Waals surface area contributed by atoms with Crippen molar-refractivity contribution < 1.29 is 14.7 Å². The normalized spacial score (nSPS) is 24.1. The summed E-state index contributed by atoms with van der Waals surface area (Å²) in [6.07, 6.45) is 5.47. The van der Waals surface area contributed by atoms with E-state index in [1.807, 2.05) is 4.90 Å². The van der Waals surface area contributed by atoms with Gasteiger partial charge < -0.3 is 10.0 Å². The van der Waals surface area contributed by atoms with E-state index >= 15 is 0 Å². The molecule has 1 aromatic rings. The van der Waals surface area contributed by atoms with Crippen LogP contribution in [0, 0.1) is 5.92 Å². The van der Waals surface area contributed by atoms with Gasteiger partial charge in [0.2, 0.25) is 5.91 Å². The first-order valence-corrected chi connectivity index (χ1v) is 8.21. The minimum atomic E-state index is -0.809. The van der Waals surface area contributed by atoms with E-state index in [0.29, 0.717) is 12.3 Å². The Kier molecular flexibility index (Phi) is 4.46. The molecule has 1 aliphatic carbocycles. The smallest absolute Gasteiger partial charge is 0.305 e. The van der Waals surface area contributed by atoms with E-state index in [4.69, 9.17) is 5.11 Å². The minimum absolute atomic E-state index is 0.0826. The van der Waals surface area contributed by atoms with Gasteiger partial charge in [-0.3, -0.25) is 9.59 Å². The lowest BCUT2D eigenvalue weighted by Crippen LogP contribution is -2.38. The molecule has 0 bridgehead atoms. The summed E-state index contributed by atoms with van der Waals surface area (Å²) >= 11 is 0. The van der Waals surface area contributed by atoms with E-state index in [1.54, 1.807) is 0 Å². The van der Waals surface area contributed by atoms with Gasteiger partial charge in [0.1, 0.15) is 0 Å². The molecule has 0 radical (unpaired) electrons. The molecule has 0 aromatic heterocycles. The number of carboxylic acid groups (broad SMARTS) is 1. The number of benzene rings is 1. The first-order chi connectivity index (χ1) is 10.6. The predicted molar refractivity (Wildman–Crippen MR) is 83.6 cm³/mol. The van der Waals surface area contributed by atoms with Crippen molar-refractivity contribution in [1.82, 2.24) is 4.90 Å². The summed E-state index contributed by atoms with van der Waals surface area (Å²) in [5.74, 6) is -0.266. The molecule has 2 aliphatic rings. The Morgan fingerprint density at radius 1 is 1.14 bits per heavy atom. The summed E-state index contributed by atoms with van der Waals surface area (Å²) in [6.45, 7) is 0.722. The van der Waals surface area contributed by atoms with Gasteiger partial charge in [0.15, 0.2) is 0 Å². The zero-order chi connectivity index (χ0) is 15.5. The fourth-order valence-corrected chi connectivity index (χ4v) is 3.89. The molecule has 1 aromatic carbocycles. The minimum Gasteiger partial charge on any atom is -0.481 e. The lowest BCUT2D eigenvalue weighted by molar-refractivity contribution is -0.140. The molecule has 4 nitrogen and oxygen atoms in total. The highest BCUT2D eigenvalue weighted by Crippen LogP contribution is 2.29. The molecule has 4 heteroatoms. The standard InChI is InChI=1S/C18H23NO3/c20-17(19-9-3-6-16(19)12-18(21)22)11-13-7-8-14-4-1-2-5-15(14)10-13/h1-2,4-5,13,16H,3,6-12H2,(H,21,22). The van der Waals surface area contributed by atoms with Gasteiger partial charge in [0, 0.05) is 19.0 Å². The summed E-state index contributed by atoms with van der Waals surface area (Å²) < 4.78 is 0. The van der Waals surface area contributed by atoms with Crippen molar-refractivity contribution in [3.05, 3.63) is 35.4 Å². The lowest BCUT2D eigenvalue weighted by atomic mass is 9.82. The Bertz CT molecular complexity index is 569. The van der Waals surface area contributed by atoms with Gasteiger partial charge in [0.05, 0.1) is 6.42 Å². The van der Waals surface area contributed by atoms with Gasteiger partial charge in [-0.05, 0) is 49.1 Å². The second kappa shape index (κ2) is 6.51. The quantitative estimate of drug-likeness (QED) is 0.930. The van der Waals surface area contributed by atoms with Crippen LogP contribution in [0.15, 0.2) is 24.3 Å². The van der Waals surface area contributed by atoms with Gasteiger partial charge in [-0.1, -0.05) is 24.3 Å². The number of amides is 1. The fourth-order valence-electron chi connectivity index (χ4n) is 3.89. The van der Waals surface area contributed by atoms with Crippen LogP contribution < -0.4 is 0 Å². The molecule has 0 spiro atoms. The number of aryl methyl sites for hydroxylation is 1. The van der Waals surface area contributed by atoms with Gasteiger partial charge in [-0.2, -0.15) is 0 Å². The summed E-state index contributed by atoms with van der Waals surface area (Å²) in [4.78, 5) is 25.3. The van der Waals surface area contributed by atoms with Crippen LogP contribution in [0.4, 0.5) is 0 Å². The molecule has 118 valence electrons. The van der Waals surface area contributed by atoms with Gasteiger partial charge in [-0.25, -0.2) is 0 Å². The van der Waals surface area contributed by atoms with Crippen LogP contribution in [0.5, 0.6) is 0 Å². The molecule has 1 saturated heterocycles. The van der Waals surface area contributed by atoms with Gasteiger partial charge in [0.25, 0.3) is 0 Å². The number of carbonyl (C=O) groups excluding carboxylic acids is 1. The second-order valence-corrected chi connectivity index (χ2v) is 6.56. The number of fused-ring (bicyclic) bond motifs is 1. The highest BCUT2D eigenvalue weighted by atomic mass is 16.4. The van der Waals surface area contributed by atoms with Crippen molar-refractivity contribution >= 4 is 11.9 Å². The average molecular weight is 301 g/mol. The summed E-state index contributed by atoms with van der Waals surface area (Å²) in [5, 5.41) is 8.97. The molecular weight excluding hydrogens is 278 g/mol. The third kappa shape index (κ3) is 3.32. The summed E-state index contributed by atoms with van der Waals surface area (Å²) in [7, 11) is 0. The molecule has 3 rings (SSSR count). The van der Waals surface area contributed by atoms with E-state index in [2.05, 4.69) is 24.3 Å². The fraction of sp³-hybridized carbons (Fsp3) is 0.556. The number of carboxylic acids is 1. The van der Waals surface area contributed by atoms with Crippen LogP contribution in [0.3, 0.4) is 0 Å². The van der Waals surface area contributed by atoms with E-state index in [0.717, 1.165) is 38.6 Å². The van der Waals surface area contributed by atoms with Crippen molar-refractivity contribution in [3.8, 4) is 0 Å². The van der Waals surface area contributed by atoms with Gasteiger partial charge in [-0.15, -0.1) is 0 Å². The molecular formula is C18H23NO3. The Morgan fingerprint density at radius 2 is 1.91 bits per heavy atom. The Labute approximate surface area is 131 Å². The predicted octanol–water partition coefficient (Wildman–Crippen LogP) is 2.65. The zero-order valence-corrected chi connectivity index (χ0v) is 12.8. The third-order valence-electron chi connectivity index (χ3n) is 5.02. The largest absolute Gasteiger partial charge is 0.481 e. The molecule has 1 fully saturated rings. The third-order valence-corrected chi connectivity index (χ3v) is 5.02. The molecule has 1 amide bonds. The van der Waals surface area contributed by atoms with Crippen LogP contribution in [-0.4, -0.2) is 34.5 Å². The lowest BCUT2D eigenvalue weighted by Gasteiger charge is -2.28. The van der Waals surface area contributed by atoms with Crippen LogP contribution in [0.1, 0.15) is 43.2 Å². The monoisotopic (exact) mass is 301 g/mol. The first-order valence-electron chi connectivity index (χ1n) is 8.21. The van der Waals surface area contributed by atoms with E-state index in [-0.39, 0.29) is 18.4 Å². The second-order valence-electron chi connectivity index (χ2n) is 6.56. The van der Waals surface area contributed by atoms with Crippen LogP contribution in [-0.2, 0) is 22.4 Å². The maximum Gasteiger partial charge on any atom is 0.305 e. The maximum atomic E-state index is 12.6. The molecule has 1 aliphatic heterocycles. The molecule has 1 N–H and O–H groups in total. The van der Waals surface area contributed by atoms with E-state index < -0.39 is 5.97 Å². The summed E-state index contributed by atoms with van der Waals surface area (Å²) in [5.41, 5.74) is 2.78. The molecule has 0 saturated carbocycles. The number of hydrogen-bond acceptors (Lipinski definition) is 2. The Balaban J connectivity index is 1.59. The van der Waals surface area contributed by atoms with Crippen LogP contribution in [0.25, 0.3) is 0 Å². The van der Waals surface area contributed by atoms with Crippen molar-refractivity contribution in [2.45, 2.75) is 51.0 Å². The van der Waals surface area contributed by atoms with E-state index in [9.17, 15) is 9.59 Å². The number of rotatable bonds is 4. The van der Waals surface area contributed by atoms with Crippen LogP contribution >= 0.6 is 0 Å². The van der Waals surface area contributed by atoms with Crippen molar-refractivity contribution in [2.24, 2.45) is 5.92 Å². The number of carbonyl (C=O) groups is 2. The SMILES string of the molecule is O=C(O)CC1CCCN1C(=O)CC1CCc2ccccc2C1. The molecule has 22 heavy (non-hydrogen) atoms. The number of nitrogens with zero attached hydrogens (tertiary/aromatic N) is 1. The molecule has 2 unspecified atom stereocenters. The van der Waals surface area contributed by atoms with Crippen molar-refractivity contribution in [1.29, 1.82) is 0 Å². The zero-order valence-electron chi connectivity index (χ0n) is 12.8. The molecule has 2 atom stereocenters. The average Bonchev–Trinajstić information content (AvgIpc) is 2.94. The van der Waals surface area contributed by atoms with Crippen LogP contribution in [0.2, 0.25) is 0 Å². The number of hydrogen-bond donors (Lipinski definition) is 1. The Hall–Kier alpha value is -1.84. The highest BCUT2D eigenvalue weighted by molar-refractivity contribution is 5.78. The number of likely N-dealkylation sites (tertiary alicyclic amines) is 1. The maximum absolute atomic E-state index is 12.6. The van der Waals surface area contributed by atoms with E-state index in [1.165, 1.54) is 11.1 Å². The highest BCUT2D eigenvalue weighted by Gasteiger charge is 2.32. The summed E-state index contributed by atoms with van der Waals surface area (Å²) in [6, 6.07) is 8.38. The first kappa shape index (κ1) is 15.1. The number of aliphatic carboxylic acids is 1.